The summed E-state index contributed by atoms with van der Waals surface area (Å²) in [5.74, 6) is -1.91. The molecule has 0 heterocycles. The van der Waals surface area contributed by atoms with E-state index < -0.39 is 23.2 Å². The Labute approximate surface area is 72.2 Å². The van der Waals surface area contributed by atoms with E-state index in [4.69, 9.17) is 10.2 Å². The van der Waals surface area contributed by atoms with Crippen LogP contribution in [-0.4, -0.2) is 10.2 Å². The fourth-order valence-electron chi connectivity index (χ4n) is 1.04. The maximum Gasteiger partial charge on any atom is 0.423 e. The normalized spacial score (nSPS) is 11.7. The maximum atomic E-state index is 12.1. The highest BCUT2D eigenvalue weighted by atomic mass is 19.4. The first kappa shape index (κ1) is 9.70. The third-order valence-corrected chi connectivity index (χ3v) is 1.52. The van der Waals surface area contributed by atoms with Gasteiger partial charge in [-0.25, -0.2) is 0 Å². The third kappa shape index (κ3) is 1.85. The maximum absolute atomic E-state index is 12.1. The first-order valence-corrected chi connectivity index (χ1v) is 3.42. The average Bonchev–Trinajstić information content (AvgIpc) is 1.78. The van der Waals surface area contributed by atoms with Crippen LogP contribution in [0.5, 0.6) is 11.5 Å². The van der Waals surface area contributed by atoms with Gasteiger partial charge in [0, 0.05) is 0 Å². The summed E-state index contributed by atoms with van der Waals surface area (Å²) in [6, 6.07) is 1.89. The molecule has 5 heteroatoms. The van der Waals surface area contributed by atoms with Crippen molar-refractivity contribution in [2.24, 2.45) is 0 Å². The van der Waals surface area contributed by atoms with Crippen molar-refractivity contribution in [2.45, 2.75) is 13.1 Å². The number of aromatic hydroxyl groups is 2. The predicted molar refractivity (Wildman–Crippen MR) is 39.5 cm³/mol. The zero-order chi connectivity index (χ0) is 10.2. The van der Waals surface area contributed by atoms with Gasteiger partial charge in [-0.2, -0.15) is 13.2 Å². The summed E-state index contributed by atoms with van der Waals surface area (Å²) in [6.45, 7) is 1.47. The van der Waals surface area contributed by atoms with Gasteiger partial charge >= 0.3 is 6.18 Å². The van der Waals surface area contributed by atoms with Crippen LogP contribution in [0.25, 0.3) is 0 Å². The van der Waals surface area contributed by atoms with Gasteiger partial charge in [0.05, 0.1) is 0 Å². The smallest absolute Gasteiger partial charge is 0.423 e. The van der Waals surface area contributed by atoms with Crippen molar-refractivity contribution in [3.63, 3.8) is 0 Å². The van der Waals surface area contributed by atoms with E-state index in [2.05, 4.69) is 0 Å². The van der Waals surface area contributed by atoms with Crippen molar-refractivity contribution in [3.8, 4) is 11.5 Å². The first-order valence-electron chi connectivity index (χ1n) is 3.42. The minimum Gasteiger partial charge on any atom is -0.507 e. The summed E-state index contributed by atoms with van der Waals surface area (Å²) in [7, 11) is 0. The van der Waals surface area contributed by atoms with Crippen LogP contribution in [0.15, 0.2) is 12.1 Å². The lowest BCUT2D eigenvalue weighted by Gasteiger charge is -2.11. The van der Waals surface area contributed by atoms with Gasteiger partial charge in [-0.3, -0.25) is 0 Å². The number of rotatable bonds is 0. The molecule has 0 aliphatic heterocycles. The first-order chi connectivity index (χ1) is 5.82. The molecule has 0 fully saturated rings. The molecule has 1 rings (SSSR count). The predicted octanol–water partition coefficient (Wildman–Crippen LogP) is 2.43. The number of benzene rings is 1. The topological polar surface area (TPSA) is 40.5 Å². The minimum atomic E-state index is -4.73. The van der Waals surface area contributed by atoms with E-state index >= 15 is 0 Å². The SMILES string of the molecule is Cc1cc(O)c(C(F)(F)F)c(O)c1. The molecule has 0 bridgehead atoms. The highest BCUT2D eigenvalue weighted by molar-refractivity contribution is 5.47. The number of phenolic OH excluding ortho intramolecular Hbond substituents is 2. The van der Waals surface area contributed by atoms with Crippen LogP contribution in [0.3, 0.4) is 0 Å². The van der Waals surface area contributed by atoms with Crippen LogP contribution in [0.4, 0.5) is 13.2 Å². The van der Waals surface area contributed by atoms with E-state index in [1.54, 1.807) is 0 Å². The van der Waals surface area contributed by atoms with Crippen molar-refractivity contribution in [1.82, 2.24) is 0 Å². The van der Waals surface area contributed by atoms with Gasteiger partial charge in [-0.05, 0) is 24.6 Å². The largest absolute Gasteiger partial charge is 0.507 e. The fraction of sp³-hybridized carbons (Fsp3) is 0.250. The standard InChI is InChI=1S/C8H7F3O2/c1-4-2-5(12)7(6(13)3-4)8(9,10)11/h2-3,12-13H,1H3. The minimum absolute atomic E-state index is 0.364. The molecule has 1 aromatic carbocycles. The molecule has 2 nitrogen and oxygen atoms in total. The molecule has 0 amide bonds. The highest BCUT2D eigenvalue weighted by Gasteiger charge is 2.37. The highest BCUT2D eigenvalue weighted by Crippen LogP contribution is 2.41. The molecular formula is C8H7F3O2. The monoisotopic (exact) mass is 192 g/mol. The van der Waals surface area contributed by atoms with Crippen LogP contribution in [0, 0.1) is 6.92 Å². The Morgan fingerprint density at radius 3 is 1.77 bits per heavy atom. The summed E-state index contributed by atoms with van der Waals surface area (Å²) in [5, 5.41) is 17.9. The lowest BCUT2D eigenvalue weighted by molar-refractivity contribution is -0.139. The summed E-state index contributed by atoms with van der Waals surface area (Å²) < 4.78 is 36.4. The Morgan fingerprint density at radius 1 is 1.08 bits per heavy atom. The molecule has 0 aliphatic rings. The van der Waals surface area contributed by atoms with Crippen LogP contribution < -0.4 is 0 Å². The number of halogens is 3. The van der Waals surface area contributed by atoms with Crippen molar-refractivity contribution in [1.29, 1.82) is 0 Å². The summed E-state index contributed by atoms with van der Waals surface area (Å²) in [5.41, 5.74) is -1.03. The molecule has 13 heavy (non-hydrogen) atoms. The number of aryl methyl sites for hydroxylation is 1. The molecule has 0 radical (unpaired) electrons. The van der Waals surface area contributed by atoms with Gasteiger partial charge in [-0.1, -0.05) is 0 Å². The molecule has 1 aromatic rings. The van der Waals surface area contributed by atoms with Gasteiger partial charge in [0.2, 0.25) is 0 Å². The molecule has 0 saturated carbocycles. The Hall–Kier alpha value is -1.39. The second-order valence-corrected chi connectivity index (χ2v) is 2.68. The molecule has 0 aliphatic carbocycles. The molecule has 2 N–H and O–H groups in total. The number of hydrogen-bond acceptors (Lipinski definition) is 2. The Morgan fingerprint density at radius 2 is 1.46 bits per heavy atom. The summed E-state index contributed by atoms with van der Waals surface area (Å²) in [6.07, 6.45) is -4.73. The van der Waals surface area contributed by atoms with Crippen LogP contribution in [0.2, 0.25) is 0 Å². The van der Waals surface area contributed by atoms with Crippen molar-refractivity contribution in [3.05, 3.63) is 23.3 Å². The Bertz CT molecular complexity index is 308. The lowest BCUT2D eigenvalue weighted by atomic mass is 10.1. The van der Waals surface area contributed by atoms with Crippen molar-refractivity contribution >= 4 is 0 Å². The number of phenols is 2. The van der Waals surface area contributed by atoms with E-state index in [0.717, 1.165) is 12.1 Å². The average molecular weight is 192 g/mol. The summed E-state index contributed by atoms with van der Waals surface area (Å²) >= 11 is 0. The van der Waals surface area contributed by atoms with Gasteiger partial charge in [0.25, 0.3) is 0 Å². The molecule has 0 aromatic heterocycles. The zero-order valence-corrected chi connectivity index (χ0v) is 6.68. The molecule has 72 valence electrons. The Balaban J connectivity index is 3.38. The molecular weight excluding hydrogens is 185 g/mol. The molecule has 0 unspecified atom stereocenters. The molecule has 0 saturated heterocycles. The van der Waals surface area contributed by atoms with E-state index in [1.165, 1.54) is 6.92 Å². The van der Waals surface area contributed by atoms with E-state index in [0.29, 0.717) is 5.56 Å². The third-order valence-electron chi connectivity index (χ3n) is 1.52. The van der Waals surface area contributed by atoms with Crippen molar-refractivity contribution < 1.29 is 23.4 Å². The van der Waals surface area contributed by atoms with Gasteiger partial charge in [0.15, 0.2) is 0 Å². The van der Waals surface area contributed by atoms with Gasteiger partial charge < -0.3 is 10.2 Å². The lowest BCUT2D eigenvalue weighted by Crippen LogP contribution is -2.05. The van der Waals surface area contributed by atoms with Gasteiger partial charge in [0.1, 0.15) is 17.1 Å². The quantitative estimate of drug-likeness (QED) is 0.662. The van der Waals surface area contributed by atoms with Crippen LogP contribution in [0.1, 0.15) is 11.1 Å². The number of alkyl halides is 3. The van der Waals surface area contributed by atoms with Gasteiger partial charge in [-0.15, -0.1) is 0 Å². The second-order valence-electron chi connectivity index (χ2n) is 2.68. The van der Waals surface area contributed by atoms with E-state index in [9.17, 15) is 13.2 Å². The van der Waals surface area contributed by atoms with Crippen LogP contribution in [-0.2, 0) is 6.18 Å². The second kappa shape index (κ2) is 2.83. The van der Waals surface area contributed by atoms with Crippen LogP contribution >= 0.6 is 0 Å². The summed E-state index contributed by atoms with van der Waals surface area (Å²) in [4.78, 5) is 0. The zero-order valence-electron chi connectivity index (χ0n) is 6.68. The number of hydrogen-bond donors (Lipinski definition) is 2. The van der Waals surface area contributed by atoms with E-state index in [1.807, 2.05) is 0 Å². The van der Waals surface area contributed by atoms with E-state index in [-0.39, 0.29) is 0 Å². The molecule has 0 atom stereocenters. The fourth-order valence-corrected chi connectivity index (χ4v) is 1.04. The van der Waals surface area contributed by atoms with Crippen molar-refractivity contribution in [2.75, 3.05) is 0 Å². The Kier molecular flexibility index (Phi) is 2.11. The molecule has 0 spiro atoms.